The maximum Gasteiger partial charge on any atom is 0.104 e. The van der Waals surface area contributed by atoms with Crippen molar-refractivity contribution in [3.63, 3.8) is 0 Å². The number of hydrogen-bond acceptors (Lipinski definition) is 1. The molecule has 0 unspecified atom stereocenters. The molecule has 1 N–H and O–H groups in total. The second kappa shape index (κ2) is 6.33. The molecule has 3 heteroatoms. The predicted octanol–water partition coefficient (Wildman–Crippen LogP) is 5.91. The van der Waals surface area contributed by atoms with Crippen molar-refractivity contribution in [3.8, 4) is 0 Å². The summed E-state index contributed by atoms with van der Waals surface area (Å²) in [7, 11) is 0. The standard InChI is InChI=1S/C22H34BrFO/c1-13(12-23)18-4-5-19-16-10-20(24)17-11-21(2,25)8-6-15(17)14(16)7-9-22(18,19)3/h14-20,25H,1,4-12H2,2-3H3/t14-,15-,16-,17+,18-,19+,20-,21-,22-/m1/s1. The Bertz CT molecular complexity index is 546. The van der Waals surface area contributed by atoms with E-state index in [0.717, 1.165) is 24.6 Å². The zero-order chi connectivity index (χ0) is 18.0. The summed E-state index contributed by atoms with van der Waals surface area (Å²) in [4.78, 5) is 0. The van der Waals surface area contributed by atoms with Gasteiger partial charge in [0.2, 0.25) is 0 Å². The Balaban J connectivity index is 1.58. The van der Waals surface area contributed by atoms with Crippen LogP contribution in [0, 0.1) is 40.9 Å². The highest BCUT2D eigenvalue weighted by Crippen LogP contribution is 2.65. The third-order valence-electron chi connectivity index (χ3n) is 8.91. The first-order valence-corrected chi connectivity index (χ1v) is 11.5. The molecule has 0 aromatic carbocycles. The van der Waals surface area contributed by atoms with Gasteiger partial charge < -0.3 is 5.11 Å². The first-order valence-electron chi connectivity index (χ1n) is 10.4. The molecule has 4 rings (SSSR count). The molecule has 4 aliphatic carbocycles. The molecular formula is C22H34BrFO. The average molecular weight is 413 g/mol. The first-order chi connectivity index (χ1) is 11.8. The van der Waals surface area contributed by atoms with Crippen LogP contribution in [-0.2, 0) is 0 Å². The fourth-order valence-electron chi connectivity index (χ4n) is 7.77. The molecule has 0 aromatic rings. The minimum absolute atomic E-state index is 0.101. The average Bonchev–Trinajstić information content (AvgIpc) is 2.91. The number of hydrogen-bond donors (Lipinski definition) is 1. The van der Waals surface area contributed by atoms with E-state index in [-0.39, 0.29) is 5.92 Å². The third kappa shape index (κ3) is 2.87. The van der Waals surface area contributed by atoms with E-state index in [9.17, 15) is 5.11 Å². The monoisotopic (exact) mass is 412 g/mol. The van der Waals surface area contributed by atoms with Crippen LogP contribution in [0.1, 0.15) is 65.2 Å². The number of halogens is 2. The van der Waals surface area contributed by atoms with Crippen molar-refractivity contribution in [2.24, 2.45) is 40.9 Å². The topological polar surface area (TPSA) is 20.2 Å². The Labute approximate surface area is 161 Å². The SMILES string of the molecule is C=C(CBr)[C@H]1CC[C@H]2[C@@H]3C[C@@H](F)[C@H]4C[C@](C)(O)CC[C@@H]4[C@H]3CC[C@]12C. The Morgan fingerprint density at radius 2 is 1.76 bits per heavy atom. The summed E-state index contributed by atoms with van der Waals surface area (Å²) in [6, 6.07) is 0. The van der Waals surface area contributed by atoms with E-state index in [1.165, 1.54) is 31.3 Å². The lowest BCUT2D eigenvalue weighted by molar-refractivity contribution is -0.125. The molecule has 0 heterocycles. The van der Waals surface area contributed by atoms with E-state index < -0.39 is 11.8 Å². The number of fused-ring (bicyclic) bond motifs is 5. The third-order valence-corrected chi connectivity index (χ3v) is 9.63. The van der Waals surface area contributed by atoms with Gasteiger partial charge in [-0.2, -0.15) is 0 Å². The van der Waals surface area contributed by atoms with E-state index in [2.05, 4.69) is 29.4 Å². The summed E-state index contributed by atoms with van der Waals surface area (Å²) in [6.07, 6.45) is 7.65. The van der Waals surface area contributed by atoms with Crippen molar-refractivity contribution < 1.29 is 9.50 Å². The van der Waals surface area contributed by atoms with Gasteiger partial charge in [0.1, 0.15) is 6.17 Å². The van der Waals surface area contributed by atoms with Gasteiger partial charge in [0.15, 0.2) is 0 Å². The molecule has 4 fully saturated rings. The smallest absolute Gasteiger partial charge is 0.104 e. The van der Waals surface area contributed by atoms with Crippen LogP contribution >= 0.6 is 15.9 Å². The molecule has 9 atom stereocenters. The number of allylic oxidation sites excluding steroid dienone is 1. The molecule has 0 bridgehead atoms. The highest BCUT2D eigenvalue weighted by molar-refractivity contribution is 9.09. The van der Waals surface area contributed by atoms with Crippen molar-refractivity contribution >= 4 is 15.9 Å². The zero-order valence-corrected chi connectivity index (χ0v) is 17.4. The lowest BCUT2D eigenvalue weighted by Crippen LogP contribution is -2.54. The van der Waals surface area contributed by atoms with Crippen molar-refractivity contribution in [3.05, 3.63) is 12.2 Å². The molecule has 1 nitrogen and oxygen atoms in total. The van der Waals surface area contributed by atoms with Gasteiger partial charge in [-0.1, -0.05) is 35.0 Å². The van der Waals surface area contributed by atoms with Crippen LogP contribution in [0.5, 0.6) is 0 Å². The van der Waals surface area contributed by atoms with Gasteiger partial charge in [-0.3, -0.25) is 0 Å². The first kappa shape index (κ1) is 18.5. The maximum absolute atomic E-state index is 15.2. The van der Waals surface area contributed by atoms with Gasteiger partial charge in [-0.05, 0) is 99.2 Å². The fraction of sp³-hybridized carbons (Fsp3) is 0.909. The van der Waals surface area contributed by atoms with Crippen LogP contribution in [0.3, 0.4) is 0 Å². The summed E-state index contributed by atoms with van der Waals surface area (Å²) in [5, 5.41) is 11.4. The summed E-state index contributed by atoms with van der Waals surface area (Å²) in [6.45, 7) is 8.73. The Morgan fingerprint density at radius 1 is 1.08 bits per heavy atom. The summed E-state index contributed by atoms with van der Waals surface area (Å²) in [5.74, 6) is 3.16. The van der Waals surface area contributed by atoms with Crippen molar-refractivity contribution in [2.75, 3.05) is 5.33 Å². The number of aliphatic hydroxyl groups is 1. The second-order valence-corrected chi connectivity index (χ2v) is 10.8. The fourth-order valence-corrected chi connectivity index (χ4v) is 8.16. The van der Waals surface area contributed by atoms with Gasteiger partial charge in [0, 0.05) is 5.33 Å². The van der Waals surface area contributed by atoms with E-state index in [0.29, 0.717) is 41.4 Å². The molecule has 0 radical (unpaired) electrons. The van der Waals surface area contributed by atoms with Gasteiger partial charge in [-0.25, -0.2) is 4.39 Å². The van der Waals surface area contributed by atoms with Crippen molar-refractivity contribution in [1.29, 1.82) is 0 Å². The van der Waals surface area contributed by atoms with Crippen LogP contribution in [0.4, 0.5) is 4.39 Å². The Morgan fingerprint density at radius 3 is 2.48 bits per heavy atom. The van der Waals surface area contributed by atoms with Gasteiger partial charge in [0.25, 0.3) is 0 Å². The van der Waals surface area contributed by atoms with Crippen LogP contribution in [0.15, 0.2) is 12.2 Å². The van der Waals surface area contributed by atoms with Crippen LogP contribution < -0.4 is 0 Å². The Kier molecular flexibility index (Phi) is 4.68. The van der Waals surface area contributed by atoms with E-state index in [1.807, 2.05) is 6.92 Å². The highest BCUT2D eigenvalue weighted by Gasteiger charge is 2.59. The Hall–Kier alpha value is 0.110. The number of alkyl halides is 2. The van der Waals surface area contributed by atoms with Crippen molar-refractivity contribution in [1.82, 2.24) is 0 Å². The zero-order valence-electron chi connectivity index (χ0n) is 15.8. The van der Waals surface area contributed by atoms with Crippen LogP contribution in [0.2, 0.25) is 0 Å². The quantitative estimate of drug-likeness (QED) is 0.441. The minimum Gasteiger partial charge on any atom is -0.390 e. The van der Waals surface area contributed by atoms with Gasteiger partial charge >= 0.3 is 0 Å². The lowest BCUT2D eigenvalue weighted by atomic mass is 9.48. The van der Waals surface area contributed by atoms with E-state index in [1.54, 1.807) is 0 Å². The summed E-state index contributed by atoms with van der Waals surface area (Å²) in [5.41, 5.74) is 1.04. The van der Waals surface area contributed by atoms with Crippen LogP contribution in [-0.4, -0.2) is 22.2 Å². The summed E-state index contributed by atoms with van der Waals surface area (Å²) < 4.78 is 15.2. The molecule has 0 amide bonds. The lowest BCUT2D eigenvalue weighted by Gasteiger charge is -2.57. The molecule has 4 saturated carbocycles. The second-order valence-electron chi connectivity index (χ2n) is 10.2. The number of rotatable bonds is 2. The normalized spacial score (nSPS) is 55.2. The maximum atomic E-state index is 15.2. The molecule has 0 spiro atoms. The molecular weight excluding hydrogens is 379 g/mol. The largest absolute Gasteiger partial charge is 0.390 e. The molecule has 142 valence electrons. The van der Waals surface area contributed by atoms with Crippen LogP contribution in [0.25, 0.3) is 0 Å². The molecule has 0 aliphatic heterocycles. The molecule has 0 saturated heterocycles. The minimum atomic E-state index is -0.709. The van der Waals surface area contributed by atoms with E-state index in [4.69, 9.17) is 0 Å². The van der Waals surface area contributed by atoms with Gasteiger partial charge in [-0.15, -0.1) is 0 Å². The van der Waals surface area contributed by atoms with Gasteiger partial charge in [0.05, 0.1) is 5.60 Å². The highest BCUT2D eigenvalue weighted by atomic mass is 79.9. The molecule has 4 aliphatic rings. The van der Waals surface area contributed by atoms with E-state index >= 15 is 4.39 Å². The molecule has 0 aromatic heterocycles. The van der Waals surface area contributed by atoms with Crippen molar-refractivity contribution in [2.45, 2.75) is 77.0 Å². The summed E-state index contributed by atoms with van der Waals surface area (Å²) >= 11 is 3.62. The molecule has 25 heavy (non-hydrogen) atoms. The predicted molar refractivity (Wildman–Crippen MR) is 104 cm³/mol.